The molecule has 5 heteroatoms. The molecule has 2 atom stereocenters. The molecule has 0 aliphatic heterocycles. The van der Waals surface area contributed by atoms with E-state index in [9.17, 15) is 0 Å². The summed E-state index contributed by atoms with van der Waals surface area (Å²) in [4.78, 5) is 0. The molecule has 1 N–H and O–H groups in total. The summed E-state index contributed by atoms with van der Waals surface area (Å²) in [6.45, 7) is 4.40. The molecule has 0 saturated heterocycles. The lowest BCUT2D eigenvalue weighted by molar-refractivity contribution is -0.0414. The average Bonchev–Trinajstić information content (AvgIpc) is 2.94. The van der Waals surface area contributed by atoms with Gasteiger partial charge in [-0.1, -0.05) is 12.1 Å². The van der Waals surface area contributed by atoms with Gasteiger partial charge in [-0.05, 0) is 38.6 Å². The van der Waals surface area contributed by atoms with Crippen molar-refractivity contribution in [3.8, 4) is 0 Å². The molecule has 20 heavy (non-hydrogen) atoms. The van der Waals surface area contributed by atoms with Crippen molar-refractivity contribution in [2.75, 3.05) is 13.7 Å². The van der Waals surface area contributed by atoms with Gasteiger partial charge in [0.25, 0.3) is 0 Å². The SMILES string of the molecule is CCCNCc1cc(COC2CCCC(OC)C2)on1. The van der Waals surface area contributed by atoms with E-state index >= 15 is 0 Å². The zero-order valence-electron chi connectivity index (χ0n) is 12.6. The number of nitrogens with one attached hydrogen (secondary N) is 1. The van der Waals surface area contributed by atoms with Crippen molar-refractivity contribution in [2.45, 2.75) is 64.4 Å². The highest BCUT2D eigenvalue weighted by molar-refractivity contribution is 5.04. The summed E-state index contributed by atoms with van der Waals surface area (Å²) in [5.41, 5.74) is 0.940. The normalized spacial score (nSPS) is 23.1. The molecule has 1 fully saturated rings. The predicted molar refractivity (Wildman–Crippen MR) is 76.3 cm³/mol. The molecule has 114 valence electrons. The van der Waals surface area contributed by atoms with Crippen LogP contribution in [0.15, 0.2) is 10.6 Å². The quantitative estimate of drug-likeness (QED) is 0.743. The van der Waals surface area contributed by atoms with Crippen molar-refractivity contribution >= 4 is 0 Å². The maximum Gasteiger partial charge on any atom is 0.162 e. The van der Waals surface area contributed by atoms with Gasteiger partial charge in [0.15, 0.2) is 5.76 Å². The van der Waals surface area contributed by atoms with Crippen LogP contribution in [0.25, 0.3) is 0 Å². The van der Waals surface area contributed by atoms with Crippen LogP contribution in [0.1, 0.15) is 50.5 Å². The summed E-state index contributed by atoms with van der Waals surface area (Å²) in [7, 11) is 1.78. The Morgan fingerprint density at radius 3 is 3.05 bits per heavy atom. The Morgan fingerprint density at radius 1 is 1.40 bits per heavy atom. The molecule has 2 unspecified atom stereocenters. The number of methoxy groups -OCH3 is 1. The molecule has 5 nitrogen and oxygen atoms in total. The third-order valence-electron chi connectivity index (χ3n) is 3.71. The zero-order valence-corrected chi connectivity index (χ0v) is 12.6. The van der Waals surface area contributed by atoms with Gasteiger partial charge >= 0.3 is 0 Å². The summed E-state index contributed by atoms with van der Waals surface area (Å²) in [6.07, 6.45) is 6.15. The Morgan fingerprint density at radius 2 is 2.25 bits per heavy atom. The van der Waals surface area contributed by atoms with Gasteiger partial charge in [0.1, 0.15) is 6.61 Å². The molecule has 0 radical (unpaired) electrons. The van der Waals surface area contributed by atoms with Crippen molar-refractivity contribution in [1.29, 1.82) is 0 Å². The van der Waals surface area contributed by atoms with Gasteiger partial charge in [-0.2, -0.15) is 0 Å². The molecule has 0 bridgehead atoms. The van der Waals surface area contributed by atoms with E-state index in [1.54, 1.807) is 7.11 Å². The summed E-state index contributed by atoms with van der Waals surface area (Å²) in [5.74, 6) is 0.804. The Labute approximate surface area is 121 Å². The molecule has 1 aromatic heterocycles. The van der Waals surface area contributed by atoms with Crippen LogP contribution in [-0.4, -0.2) is 31.0 Å². The van der Waals surface area contributed by atoms with E-state index in [0.29, 0.717) is 12.7 Å². The first-order chi connectivity index (χ1) is 9.81. The second kappa shape index (κ2) is 8.39. The fourth-order valence-electron chi connectivity index (χ4n) is 2.57. The third kappa shape index (κ3) is 4.89. The van der Waals surface area contributed by atoms with Crippen LogP contribution in [0.3, 0.4) is 0 Å². The Kier molecular flexibility index (Phi) is 6.50. The smallest absolute Gasteiger partial charge is 0.162 e. The molecule has 1 heterocycles. The molecular weight excluding hydrogens is 256 g/mol. The molecule has 1 aliphatic rings. The fourth-order valence-corrected chi connectivity index (χ4v) is 2.57. The van der Waals surface area contributed by atoms with E-state index in [0.717, 1.165) is 50.2 Å². The van der Waals surface area contributed by atoms with Crippen molar-refractivity contribution in [3.63, 3.8) is 0 Å². The van der Waals surface area contributed by atoms with Gasteiger partial charge in [-0.25, -0.2) is 0 Å². The van der Waals surface area contributed by atoms with Gasteiger partial charge in [-0.15, -0.1) is 0 Å². The molecule has 1 aromatic rings. The highest BCUT2D eigenvalue weighted by Gasteiger charge is 2.22. The molecule has 0 amide bonds. The van der Waals surface area contributed by atoms with E-state index in [2.05, 4.69) is 17.4 Å². The van der Waals surface area contributed by atoms with Crippen LogP contribution in [0.5, 0.6) is 0 Å². The van der Waals surface area contributed by atoms with E-state index < -0.39 is 0 Å². The number of nitrogens with zero attached hydrogens (tertiary/aromatic N) is 1. The predicted octanol–water partition coefficient (Wildman–Crippen LogP) is 2.65. The second-order valence-corrected chi connectivity index (χ2v) is 5.42. The van der Waals surface area contributed by atoms with Crippen LogP contribution in [0, 0.1) is 0 Å². The minimum atomic E-state index is 0.278. The Bertz CT molecular complexity index is 381. The highest BCUT2D eigenvalue weighted by atomic mass is 16.5. The van der Waals surface area contributed by atoms with E-state index in [1.165, 1.54) is 6.42 Å². The number of rotatable bonds is 8. The zero-order chi connectivity index (χ0) is 14.2. The number of aromatic nitrogens is 1. The third-order valence-corrected chi connectivity index (χ3v) is 3.71. The van der Waals surface area contributed by atoms with E-state index in [1.807, 2.05) is 6.07 Å². The van der Waals surface area contributed by atoms with Crippen molar-refractivity contribution in [2.24, 2.45) is 0 Å². The lowest BCUT2D eigenvalue weighted by Gasteiger charge is -2.27. The minimum Gasteiger partial charge on any atom is -0.381 e. The largest absolute Gasteiger partial charge is 0.381 e. The van der Waals surface area contributed by atoms with Crippen molar-refractivity contribution < 1.29 is 14.0 Å². The molecular formula is C15H26N2O3. The lowest BCUT2D eigenvalue weighted by Crippen LogP contribution is -2.27. The summed E-state index contributed by atoms with van der Waals surface area (Å²) >= 11 is 0. The van der Waals surface area contributed by atoms with E-state index in [4.69, 9.17) is 14.0 Å². The van der Waals surface area contributed by atoms with Gasteiger partial charge < -0.3 is 19.3 Å². The lowest BCUT2D eigenvalue weighted by atomic mass is 9.95. The van der Waals surface area contributed by atoms with Crippen LogP contribution in [0.2, 0.25) is 0 Å². The first kappa shape index (κ1) is 15.5. The number of hydrogen-bond donors (Lipinski definition) is 1. The van der Waals surface area contributed by atoms with Crippen LogP contribution < -0.4 is 5.32 Å². The number of ether oxygens (including phenoxy) is 2. The van der Waals surface area contributed by atoms with Gasteiger partial charge in [-0.3, -0.25) is 0 Å². The highest BCUT2D eigenvalue weighted by Crippen LogP contribution is 2.24. The van der Waals surface area contributed by atoms with Crippen molar-refractivity contribution in [3.05, 3.63) is 17.5 Å². The number of hydrogen-bond acceptors (Lipinski definition) is 5. The summed E-state index contributed by atoms with van der Waals surface area (Å²) < 4.78 is 16.6. The molecule has 1 saturated carbocycles. The van der Waals surface area contributed by atoms with Crippen LogP contribution in [-0.2, 0) is 22.6 Å². The minimum absolute atomic E-state index is 0.278. The summed E-state index contributed by atoms with van der Waals surface area (Å²) in [5, 5.41) is 7.34. The first-order valence-electron chi connectivity index (χ1n) is 7.61. The Hall–Kier alpha value is -0.910. The maximum atomic E-state index is 5.91. The van der Waals surface area contributed by atoms with Gasteiger partial charge in [0.2, 0.25) is 0 Å². The molecule has 2 rings (SSSR count). The average molecular weight is 282 g/mol. The van der Waals surface area contributed by atoms with Gasteiger partial charge in [0.05, 0.1) is 17.9 Å². The van der Waals surface area contributed by atoms with Crippen LogP contribution in [0.4, 0.5) is 0 Å². The maximum absolute atomic E-state index is 5.91. The Balaban J connectivity index is 1.70. The molecule has 0 aromatic carbocycles. The van der Waals surface area contributed by atoms with E-state index in [-0.39, 0.29) is 6.10 Å². The fraction of sp³-hybridized carbons (Fsp3) is 0.800. The monoisotopic (exact) mass is 282 g/mol. The topological polar surface area (TPSA) is 56.5 Å². The standard InChI is InChI=1S/C15H26N2O3/c1-3-7-16-10-12-8-15(20-17-12)11-19-14-6-4-5-13(9-14)18-2/h8,13-14,16H,3-7,9-11H2,1-2H3. The molecule has 1 aliphatic carbocycles. The van der Waals surface area contributed by atoms with Gasteiger partial charge in [0, 0.05) is 19.7 Å². The van der Waals surface area contributed by atoms with Crippen molar-refractivity contribution in [1.82, 2.24) is 10.5 Å². The summed E-state index contributed by atoms with van der Waals surface area (Å²) in [6, 6.07) is 1.97. The second-order valence-electron chi connectivity index (χ2n) is 5.42. The first-order valence-corrected chi connectivity index (χ1v) is 7.61. The van der Waals surface area contributed by atoms with Crippen LogP contribution >= 0.6 is 0 Å². The molecule has 0 spiro atoms.